The van der Waals surface area contributed by atoms with Crippen molar-refractivity contribution in [2.24, 2.45) is 5.41 Å². The molecule has 0 aliphatic heterocycles. The molecule has 0 aromatic heterocycles. The summed E-state index contributed by atoms with van der Waals surface area (Å²) in [5, 5.41) is 2.75. The number of hydrogen-bond donors (Lipinski definition) is 1. The van der Waals surface area contributed by atoms with Crippen molar-refractivity contribution in [1.82, 2.24) is 10.2 Å². The summed E-state index contributed by atoms with van der Waals surface area (Å²) >= 11 is 5.63. The molecule has 0 bridgehead atoms. The summed E-state index contributed by atoms with van der Waals surface area (Å²) in [6.45, 7) is 13.1. The van der Waals surface area contributed by atoms with E-state index in [-0.39, 0.29) is 17.2 Å². The van der Waals surface area contributed by atoms with Crippen LogP contribution in [0.3, 0.4) is 0 Å². The SMILES string of the molecule is CCCN(CC(C)(C)CNC(=O)OC(C)(C)C)C(=O)CCl. The summed E-state index contributed by atoms with van der Waals surface area (Å²) in [7, 11) is 0. The predicted octanol–water partition coefficient (Wildman–Crippen LogP) is 3.01. The number of rotatable bonds is 7. The van der Waals surface area contributed by atoms with Crippen molar-refractivity contribution in [3.63, 3.8) is 0 Å². The highest BCUT2D eigenvalue weighted by Gasteiger charge is 2.26. The Hall–Kier alpha value is -0.970. The molecule has 21 heavy (non-hydrogen) atoms. The van der Waals surface area contributed by atoms with E-state index in [2.05, 4.69) is 5.32 Å². The number of alkyl halides is 1. The lowest BCUT2D eigenvalue weighted by molar-refractivity contribution is -0.129. The first kappa shape index (κ1) is 20.0. The van der Waals surface area contributed by atoms with Crippen LogP contribution < -0.4 is 5.32 Å². The van der Waals surface area contributed by atoms with Gasteiger partial charge in [0.1, 0.15) is 11.5 Å². The highest BCUT2D eigenvalue weighted by molar-refractivity contribution is 6.27. The van der Waals surface area contributed by atoms with Crippen LogP contribution in [0.1, 0.15) is 48.0 Å². The van der Waals surface area contributed by atoms with Crippen LogP contribution in [0.25, 0.3) is 0 Å². The van der Waals surface area contributed by atoms with Gasteiger partial charge in [0.15, 0.2) is 0 Å². The Morgan fingerprint density at radius 3 is 2.19 bits per heavy atom. The highest BCUT2D eigenvalue weighted by atomic mass is 35.5. The van der Waals surface area contributed by atoms with Crippen molar-refractivity contribution in [2.45, 2.75) is 53.6 Å². The molecule has 124 valence electrons. The molecule has 0 heterocycles. The minimum absolute atomic E-state index is 0.0183. The Morgan fingerprint density at radius 1 is 1.19 bits per heavy atom. The van der Waals surface area contributed by atoms with E-state index in [0.717, 1.165) is 6.42 Å². The molecule has 0 saturated heterocycles. The smallest absolute Gasteiger partial charge is 0.407 e. The van der Waals surface area contributed by atoms with Gasteiger partial charge in [0.2, 0.25) is 5.91 Å². The first-order valence-corrected chi connectivity index (χ1v) is 7.85. The van der Waals surface area contributed by atoms with Crippen LogP contribution in [0.5, 0.6) is 0 Å². The summed E-state index contributed by atoms with van der Waals surface area (Å²) in [6, 6.07) is 0. The van der Waals surface area contributed by atoms with Gasteiger partial charge in [0.05, 0.1) is 0 Å². The average Bonchev–Trinajstić information content (AvgIpc) is 2.33. The number of alkyl carbamates (subject to hydrolysis) is 1. The van der Waals surface area contributed by atoms with Crippen molar-refractivity contribution in [3.05, 3.63) is 0 Å². The quantitative estimate of drug-likeness (QED) is 0.734. The Morgan fingerprint density at radius 2 is 1.76 bits per heavy atom. The number of hydrogen-bond acceptors (Lipinski definition) is 3. The molecule has 0 radical (unpaired) electrons. The van der Waals surface area contributed by atoms with Crippen molar-refractivity contribution in [3.8, 4) is 0 Å². The Kier molecular flexibility index (Phi) is 8.08. The molecule has 0 fully saturated rings. The molecule has 0 spiro atoms. The predicted molar refractivity (Wildman–Crippen MR) is 85.6 cm³/mol. The molecule has 0 unspecified atom stereocenters. The zero-order chi connectivity index (χ0) is 16.7. The van der Waals surface area contributed by atoms with Crippen LogP contribution in [0, 0.1) is 5.41 Å². The van der Waals surface area contributed by atoms with E-state index in [0.29, 0.717) is 19.6 Å². The first-order chi connectivity index (χ1) is 9.50. The summed E-state index contributed by atoms with van der Waals surface area (Å²) in [6.07, 6.45) is 0.430. The van der Waals surface area contributed by atoms with E-state index in [1.165, 1.54) is 0 Å². The van der Waals surface area contributed by atoms with Crippen LogP contribution in [0.4, 0.5) is 4.79 Å². The third kappa shape index (κ3) is 9.56. The standard InChI is InChI=1S/C15H29ClN2O3/c1-7-8-18(12(19)9-16)11-15(5,6)10-17-13(20)21-14(2,3)4/h7-11H2,1-6H3,(H,17,20). The fourth-order valence-corrected chi connectivity index (χ4v) is 2.01. The number of ether oxygens (including phenoxy) is 1. The molecule has 0 aromatic carbocycles. The van der Waals surface area contributed by atoms with Crippen molar-refractivity contribution in [2.75, 3.05) is 25.5 Å². The molecule has 0 aliphatic rings. The minimum Gasteiger partial charge on any atom is -0.444 e. The maximum Gasteiger partial charge on any atom is 0.407 e. The Bertz CT molecular complexity index is 351. The summed E-state index contributed by atoms with van der Waals surface area (Å²) in [5.74, 6) is -0.0980. The Balaban J connectivity index is 4.46. The number of nitrogens with one attached hydrogen (secondary N) is 1. The highest BCUT2D eigenvalue weighted by Crippen LogP contribution is 2.17. The van der Waals surface area contributed by atoms with Crippen molar-refractivity contribution < 1.29 is 14.3 Å². The number of amides is 2. The molecule has 0 saturated carbocycles. The fraction of sp³-hybridized carbons (Fsp3) is 0.867. The molecule has 5 nitrogen and oxygen atoms in total. The van der Waals surface area contributed by atoms with Crippen LogP contribution in [0.2, 0.25) is 0 Å². The van der Waals surface area contributed by atoms with Gasteiger partial charge in [-0.3, -0.25) is 4.79 Å². The zero-order valence-electron chi connectivity index (χ0n) is 14.1. The van der Waals surface area contributed by atoms with Crippen LogP contribution in [0.15, 0.2) is 0 Å². The second kappa shape index (κ2) is 8.47. The molecule has 1 N–H and O–H groups in total. The molecule has 0 rings (SSSR count). The molecule has 0 aliphatic carbocycles. The van der Waals surface area contributed by atoms with Gasteiger partial charge in [-0.25, -0.2) is 4.79 Å². The van der Waals surface area contributed by atoms with Gasteiger partial charge in [0.25, 0.3) is 0 Å². The molecular weight excluding hydrogens is 292 g/mol. The lowest BCUT2D eigenvalue weighted by Gasteiger charge is -2.32. The summed E-state index contributed by atoms with van der Waals surface area (Å²) in [5.41, 5.74) is -0.773. The minimum atomic E-state index is -0.517. The number of nitrogens with zero attached hydrogens (tertiary/aromatic N) is 1. The van der Waals surface area contributed by atoms with E-state index in [1.807, 2.05) is 41.5 Å². The van der Waals surface area contributed by atoms with Crippen LogP contribution in [-0.4, -0.2) is 48.0 Å². The molecule has 2 amide bonds. The van der Waals surface area contributed by atoms with Gasteiger partial charge in [-0.1, -0.05) is 20.8 Å². The van der Waals surface area contributed by atoms with E-state index >= 15 is 0 Å². The van der Waals surface area contributed by atoms with Crippen LogP contribution in [-0.2, 0) is 9.53 Å². The Labute approximate surface area is 133 Å². The largest absolute Gasteiger partial charge is 0.444 e. The van der Waals surface area contributed by atoms with Crippen LogP contribution >= 0.6 is 11.6 Å². The normalized spacial score (nSPS) is 12.0. The number of carbonyl (C=O) groups excluding carboxylic acids is 2. The summed E-state index contributed by atoms with van der Waals surface area (Å²) in [4.78, 5) is 25.2. The van der Waals surface area contributed by atoms with Gasteiger partial charge < -0.3 is 15.0 Å². The maximum atomic E-state index is 11.8. The van der Waals surface area contributed by atoms with Crippen molar-refractivity contribution >= 4 is 23.6 Å². The van der Waals surface area contributed by atoms with E-state index in [4.69, 9.17) is 16.3 Å². The fourth-order valence-electron chi connectivity index (χ4n) is 1.84. The molecule has 0 atom stereocenters. The molecular formula is C15H29ClN2O3. The van der Waals surface area contributed by atoms with Crippen molar-refractivity contribution in [1.29, 1.82) is 0 Å². The van der Waals surface area contributed by atoms with Gasteiger partial charge >= 0.3 is 6.09 Å². The molecule has 0 aromatic rings. The zero-order valence-corrected chi connectivity index (χ0v) is 14.8. The second-order valence-electron chi connectivity index (χ2n) is 6.97. The van der Waals surface area contributed by atoms with Gasteiger partial charge in [-0.05, 0) is 32.6 Å². The third-order valence-electron chi connectivity index (χ3n) is 2.69. The third-order valence-corrected chi connectivity index (χ3v) is 2.92. The van der Waals surface area contributed by atoms with E-state index < -0.39 is 11.7 Å². The molecule has 6 heteroatoms. The summed E-state index contributed by atoms with van der Waals surface area (Å²) < 4.78 is 5.20. The second-order valence-corrected chi connectivity index (χ2v) is 7.24. The number of halogens is 1. The van der Waals surface area contributed by atoms with Gasteiger partial charge in [-0.2, -0.15) is 0 Å². The monoisotopic (exact) mass is 320 g/mol. The lowest BCUT2D eigenvalue weighted by Crippen LogP contribution is -2.45. The van der Waals surface area contributed by atoms with E-state index in [1.54, 1.807) is 4.90 Å². The van der Waals surface area contributed by atoms with Gasteiger partial charge in [-0.15, -0.1) is 11.6 Å². The maximum absolute atomic E-state index is 11.8. The first-order valence-electron chi connectivity index (χ1n) is 7.31. The number of carbonyl (C=O) groups is 2. The topological polar surface area (TPSA) is 58.6 Å². The van der Waals surface area contributed by atoms with E-state index in [9.17, 15) is 9.59 Å². The van der Waals surface area contributed by atoms with Gasteiger partial charge in [0, 0.05) is 19.6 Å². The average molecular weight is 321 g/mol. The lowest BCUT2D eigenvalue weighted by atomic mass is 9.92.